The summed E-state index contributed by atoms with van der Waals surface area (Å²) in [7, 11) is 0. The van der Waals surface area contributed by atoms with E-state index in [2.05, 4.69) is 0 Å². The van der Waals surface area contributed by atoms with Crippen molar-refractivity contribution in [3.8, 4) is 0 Å². The molecule has 0 aromatic heterocycles. The van der Waals surface area contributed by atoms with Gasteiger partial charge in [0.15, 0.2) is 0 Å². The Hall–Kier alpha value is -2.84. The first kappa shape index (κ1) is 16.6. The van der Waals surface area contributed by atoms with Crippen molar-refractivity contribution in [2.24, 2.45) is 0 Å². The number of amides is 1. The minimum absolute atomic E-state index is 0.0346. The van der Waals surface area contributed by atoms with E-state index in [1.807, 2.05) is 89.8 Å². The zero-order valence-corrected chi connectivity index (χ0v) is 15.0. The Morgan fingerprint density at radius 3 is 2.31 bits per heavy atom. The average molecular weight is 360 g/mol. The fourth-order valence-electron chi connectivity index (χ4n) is 3.27. The third-order valence-corrected chi connectivity index (χ3v) is 4.82. The van der Waals surface area contributed by atoms with Gasteiger partial charge < -0.3 is 4.90 Å². The van der Waals surface area contributed by atoms with Gasteiger partial charge in [0.05, 0.1) is 0 Å². The molecule has 0 saturated carbocycles. The van der Waals surface area contributed by atoms with E-state index in [1.165, 1.54) is 0 Å². The molecule has 2 nitrogen and oxygen atoms in total. The summed E-state index contributed by atoms with van der Waals surface area (Å²) in [5, 5.41) is 0.687. The highest BCUT2D eigenvalue weighted by Gasteiger charge is 2.24. The van der Waals surface area contributed by atoms with Gasteiger partial charge in [-0.05, 0) is 40.5 Å². The molecule has 0 spiro atoms. The minimum Gasteiger partial charge on any atom is -0.330 e. The Balaban J connectivity index is 1.79. The van der Waals surface area contributed by atoms with Crippen molar-refractivity contribution >= 4 is 29.2 Å². The summed E-state index contributed by atoms with van der Waals surface area (Å²) in [6.07, 6.45) is 1.98. The molecule has 0 fully saturated rings. The van der Waals surface area contributed by atoms with Crippen molar-refractivity contribution in [1.82, 2.24) is 4.90 Å². The van der Waals surface area contributed by atoms with E-state index in [4.69, 9.17) is 11.6 Å². The molecule has 0 atom stereocenters. The number of halogens is 1. The maximum Gasteiger partial charge on any atom is 0.255 e. The first-order chi connectivity index (χ1) is 12.7. The quantitative estimate of drug-likeness (QED) is 0.611. The predicted octanol–water partition coefficient (Wildman–Crippen LogP) is 5.42. The predicted molar refractivity (Wildman–Crippen MR) is 106 cm³/mol. The molecule has 1 amide bonds. The fraction of sp³-hybridized carbons (Fsp3) is 0.0870. The smallest absolute Gasteiger partial charge is 0.255 e. The van der Waals surface area contributed by atoms with E-state index in [0.29, 0.717) is 23.7 Å². The second-order valence-corrected chi connectivity index (χ2v) is 6.85. The number of hydrogen-bond acceptors (Lipinski definition) is 1. The zero-order valence-electron chi connectivity index (χ0n) is 14.2. The van der Waals surface area contributed by atoms with Crippen molar-refractivity contribution in [2.75, 3.05) is 0 Å². The van der Waals surface area contributed by atoms with Crippen LogP contribution >= 0.6 is 11.6 Å². The number of carbonyl (C=O) groups is 1. The Morgan fingerprint density at radius 1 is 0.885 bits per heavy atom. The van der Waals surface area contributed by atoms with Gasteiger partial charge in [0, 0.05) is 23.7 Å². The van der Waals surface area contributed by atoms with Crippen LogP contribution in [0.5, 0.6) is 0 Å². The van der Waals surface area contributed by atoms with E-state index < -0.39 is 0 Å². The molecule has 0 bridgehead atoms. The molecule has 128 valence electrons. The van der Waals surface area contributed by atoms with E-state index >= 15 is 0 Å². The Bertz CT molecular complexity index is 964. The third kappa shape index (κ3) is 3.42. The zero-order chi connectivity index (χ0) is 17.9. The lowest BCUT2D eigenvalue weighted by Gasteiger charge is -2.23. The van der Waals surface area contributed by atoms with Gasteiger partial charge in [0.25, 0.3) is 5.91 Å². The standard InChI is InChI=1S/C23H18ClNO/c24-21-12-11-19-14-22(18-9-5-2-6-10-18)23(26)25(16-20(19)13-21)15-17-7-3-1-4-8-17/h1-14H,15-16H2. The molecule has 0 saturated heterocycles. The summed E-state index contributed by atoms with van der Waals surface area (Å²) in [5.74, 6) is 0.0346. The molecule has 1 heterocycles. The van der Waals surface area contributed by atoms with Crippen molar-refractivity contribution < 1.29 is 4.79 Å². The number of hydrogen-bond donors (Lipinski definition) is 0. The summed E-state index contributed by atoms with van der Waals surface area (Å²) in [6.45, 7) is 1.10. The topological polar surface area (TPSA) is 20.3 Å². The summed E-state index contributed by atoms with van der Waals surface area (Å²) in [4.78, 5) is 15.2. The molecule has 3 aromatic rings. The lowest BCUT2D eigenvalue weighted by molar-refractivity contribution is -0.126. The second kappa shape index (κ2) is 7.19. The monoisotopic (exact) mass is 359 g/mol. The molecule has 0 aliphatic carbocycles. The van der Waals surface area contributed by atoms with Gasteiger partial charge >= 0.3 is 0 Å². The number of fused-ring (bicyclic) bond motifs is 1. The van der Waals surface area contributed by atoms with Gasteiger partial charge in [-0.2, -0.15) is 0 Å². The largest absolute Gasteiger partial charge is 0.330 e. The van der Waals surface area contributed by atoms with Crippen LogP contribution in [0.3, 0.4) is 0 Å². The Morgan fingerprint density at radius 2 is 1.58 bits per heavy atom. The van der Waals surface area contributed by atoms with Crippen molar-refractivity contribution in [2.45, 2.75) is 13.1 Å². The number of nitrogens with zero attached hydrogens (tertiary/aromatic N) is 1. The highest BCUT2D eigenvalue weighted by atomic mass is 35.5. The lowest BCUT2D eigenvalue weighted by Crippen LogP contribution is -2.29. The number of rotatable bonds is 3. The Kier molecular flexibility index (Phi) is 4.59. The SMILES string of the molecule is O=C1C(c2ccccc2)=Cc2ccc(Cl)cc2CN1Cc1ccccc1. The van der Waals surface area contributed by atoms with Gasteiger partial charge in [0.2, 0.25) is 0 Å². The summed E-state index contributed by atoms with van der Waals surface area (Å²) in [6, 6.07) is 25.7. The molecule has 0 radical (unpaired) electrons. The van der Waals surface area contributed by atoms with E-state index in [-0.39, 0.29) is 5.91 Å². The van der Waals surface area contributed by atoms with E-state index in [9.17, 15) is 4.79 Å². The Labute approximate surface area is 158 Å². The van der Waals surface area contributed by atoms with Crippen molar-refractivity contribution in [1.29, 1.82) is 0 Å². The van der Waals surface area contributed by atoms with Crippen LogP contribution in [0.25, 0.3) is 11.6 Å². The van der Waals surface area contributed by atoms with Crippen LogP contribution < -0.4 is 0 Å². The van der Waals surface area contributed by atoms with Crippen molar-refractivity contribution in [3.05, 3.63) is 106 Å². The normalized spacial score (nSPS) is 13.8. The highest BCUT2D eigenvalue weighted by Crippen LogP contribution is 2.30. The maximum atomic E-state index is 13.3. The van der Waals surface area contributed by atoms with Gasteiger partial charge in [-0.3, -0.25) is 4.79 Å². The molecule has 0 N–H and O–H groups in total. The molecular formula is C23H18ClNO. The van der Waals surface area contributed by atoms with Crippen LogP contribution in [0.15, 0.2) is 78.9 Å². The first-order valence-electron chi connectivity index (χ1n) is 8.59. The molecule has 1 aliphatic rings. The molecule has 4 rings (SSSR count). The minimum atomic E-state index is 0.0346. The average Bonchev–Trinajstić information content (AvgIpc) is 2.80. The fourth-order valence-corrected chi connectivity index (χ4v) is 3.47. The molecule has 3 aromatic carbocycles. The number of benzene rings is 3. The van der Waals surface area contributed by atoms with E-state index in [0.717, 1.165) is 22.3 Å². The summed E-state index contributed by atoms with van der Waals surface area (Å²) < 4.78 is 0. The van der Waals surface area contributed by atoms with Gasteiger partial charge in [-0.1, -0.05) is 78.3 Å². The summed E-state index contributed by atoms with van der Waals surface area (Å²) in [5.41, 5.74) is 4.85. The molecule has 26 heavy (non-hydrogen) atoms. The second-order valence-electron chi connectivity index (χ2n) is 6.41. The molecular weight excluding hydrogens is 342 g/mol. The summed E-state index contributed by atoms with van der Waals surface area (Å²) >= 11 is 6.20. The van der Waals surface area contributed by atoms with Gasteiger partial charge in [-0.15, -0.1) is 0 Å². The maximum absolute atomic E-state index is 13.3. The van der Waals surface area contributed by atoms with Gasteiger partial charge in [-0.25, -0.2) is 0 Å². The third-order valence-electron chi connectivity index (χ3n) is 4.58. The first-order valence-corrected chi connectivity index (χ1v) is 8.97. The lowest BCUT2D eigenvalue weighted by atomic mass is 10.0. The molecule has 1 aliphatic heterocycles. The molecule has 0 unspecified atom stereocenters. The molecule has 3 heteroatoms. The van der Waals surface area contributed by atoms with Crippen molar-refractivity contribution in [3.63, 3.8) is 0 Å². The highest BCUT2D eigenvalue weighted by molar-refractivity contribution is 6.31. The van der Waals surface area contributed by atoms with Crippen LogP contribution in [-0.4, -0.2) is 10.8 Å². The van der Waals surface area contributed by atoms with Gasteiger partial charge in [0.1, 0.15) is 0 Å². The van der Waals surface area contributed by atoms with Crippen LogP contribution in [0.2, 0.25) is 5.02 Å². The van der Waals surface area contributed by atoms with E-state index in [1.54, 1.807) is 0 Å². The van der Waals surface area contributed by atoms with Crippen LogP contribution in [0.4, 0.5) is 0 Å². The van der Waals surface area contributed by atoms with Crippen LogP contribution in [0.1, 0.15) is 22.3 Å². The van der Waals surface area contributed by atoms with Crippen LogP contribution in [-0.2, 0) is 17.9 Å². The van der Waals surface area contributed by atoms with Crippen LogP contribution in [0, 0.1) is 0 Å². The number of carbonyl (C=O) groups excluding carboxylic acids is 1.